The van der Waals surface area contributed by atoms with Crippen molar-refractivity contribution in [3.05, 3.63) is 53.3 Å². The molecule has 1 saturated carbocycles. The third-order valence-electron chi connectivity index (χ3n) is 4.06. The quantitative estimate of drug-likeness (QED) is 0.807. The molecule has 1 aromatic heterocycles. The molecular formula is C18H20ClN3O2. The molecule has 5 nitrogen and oxygen atoms in total. The minimum atomic E-state index is -0.106. The molecule has 1 atom stereocenters. The van der Waals surface area contributed by atoms with E-state index < -0.39 is 0 Å². The van der Waals surface area contributed by atoms with Crippen LogP contribution in [0.3, 0.4) is 0 Å². The minimum Gasteiger partial charge on any atom is -0.495 e. The van der Waals surface area contributed by atoms with Gasteiger partial charge in [0.05, 0.1) is 18.7 Å². The summed E-state index contributed by atoms with van der Waals surface area (Å²) in [4.78, 5) is 16.4. The van der Waals surface area contributed by atoms with E-state index in [1.807, 2.05) is 18.3 Å². The lowest BCUT2D eigenvalue weighted by Gasteiger charge is -2.18. The molecule has 0 saturated heterocycles. The lowest BCUT2D eigenvalue weighted by molar-refractivity contribution is -0.115. The average Bonchev–Trinajstić information content (AvgIpc) is 3.41. The van der Waals surface area contributed by atoms with Crippen molar-refractivity contribution in [2.24, 2.45) is 5.92 Å². The number of pyridine rings is 1. The zero-order valence-electron chi connectivity index (χ0n) is 13.5. The number of hydrogen-bond donors (Lipinski definition) is 2. The van der Waals surface area contributed by atoms with Crippen molar-refractivity contribution in [1.82, 2.24) is 10.3 Å². The van der Waals surface area contributed by atoms with Crippen LogP contribution in [0, 0.1) is 5.92 Å². The van der Waals surface area contributed by atoms with Crippen LogP contribution in [0.15, 0.2) is 42.7 Å². The Morgan fingerprint density at radius 3 is 2.88 bits per heavy atom. The van der Waals surface area contributed by atoms with Gasteiger partial charge in [-0.15, -0.1) is 0 Å². The monoisotopic (exact) mass is 345 g/mol. The highest BCUT2D eigenvalue weighted by atomic mass is 35.5. The van der Waals surface area contributed by atoms with E-state index in [1.165, 1.54) is 12.8 Å². The van der Waals surface area contributed by atoms with Crippen LogP contribution in [0.2, 0.25) is 5.02 Å². The molecule has 1 aromatic carbocycles. The Morgan fingerprint density at radius 2 is 2.25 bits per heavy atom. The van der Waals surface area contributed by atoms with Crippen molar-refractivity contribution in [3.63, 3.8) is 0 Å². The largest absolute Gasteiger partial charge is 0.495 e. The SMILES string of the molecule is COc1ccc(NC(=O)CN[C@H](c2cccnc2)C2CC2)cc1Cl. The lowest BCUT2D eigenvalue weighted by Crippen LogP contribution is -2.32. The highest BCUT2D eigenvalue weighted by Crippen LogP contribution is 2.40. The van der Waals surface area contributed by atoms with Gasteiger partial charge in [-0.1, -0.05) is 17.7 Å². The highest BCUT2D eigenvalue weighted by Gasteiger charge is 2.32. The maximum Gasteiger partial charge on any atom is 0.238 e. The van der Waals surface area contributed by atoms with Crippen LogP contribution in [0.4, 0.5) is 5.69 Å². The van der Waals surface area contributed by atoms with Gasteiger partial charge in [0.2, 0.25) is 5.91 Å². The second kappa shape index (κ2) is 7.64. The number of aromatic nitrogens is 1. The number of carbonyl (C=O) groups is 1. The van der Waals surface area contributed by atoms with Crippen LogP contribution >= 0.6 is 11.6 Å². The number of halogens is 1. The summed E-state index contributed by atoms with van der Waals surface area (Å²) < 4.78 is 5.10. The van der Waals surface area contributed by atoms with Crippen LogP contribution in [0.5, 0.6) is 5.75 Å². The van der Waals surface area contributed by atoms with Gasteiger partial charge in [-0.05, 0) is 48.6 Å². The fourth-order valence-electron chi connectivity index (χ4n) is 2.70. The first kappa shape index (κ1) is 16.7. The fourth-order valence-corrected chi connectivity index (χ4v) is 2.96. The number of nitrogens with zero attached hydrogens (tertiary/aromatic N) is 1. The first-order valence-corrected chi connectivity index (χ1v) is 8.32. The van der Waals surface area contributed by atoms with Crippen LogP contribution in [-0.4, -0.2) is 24.5 Å². The maximum atomic E-state index is 12.2. The highest BCUT2D eigenvalue weighted by molar-refractivity contribution is 6.32. The average molecular weight is 346 g/mol. The number of methoxy groups -OCH3 is 1. The van der Waals surface area contributed by atoms with Crippen LogP contribution in [-0.2, 0) is 4.79 Å². The maximum absolute atomic E-state index is 12.2. The third kappa shape index (κ3) is 4.24. The number of amides is 1. The molecule has 1 aliphatic rings. The molecule has 0 spiro atoms. The predicted octanol–water partition coefficient (Wildman–Crippen LogP) is 3.42. The number of benzene rings is 1. The molecule has 0 unspecified atom stereocenters. The fraction of sp³-hybridized carbons (Fsp3) is 0.333. The molecule has 1 aliphatic carbocycles. The van der Waals surface area contributed by atoms with E-state index in [2.05, 4.69) is 15.6 Å². The van der Waals surface area contributed by atoms with Crippen molar-refractivity contribution in [2.75, 3.05) is 19.0 Å². The zero-order valence-corrected chi connectivity index (χ0v) is 14.2. The van der Waals surface area contributed by atoms with E-state index in [1.54, 1.807) is 31.5 Å². The topological polar surface area (TPSA) is 63.2 Å². The molecule has 3 rings (SSSR count). The summed E-state index contributed by atoms with van der Waals surface area (Å²) in [5, 5.41) is 6.66. The molecule has 126 valence electrons. The van der Waals surface area contributed by atoms with Gasteiger partial charge < -0.3 is 15.4 Å². The molecule has 0 radical (unpaired) electrons. The van der Waals surface area contributed by atoms with Gasteiger partial charge in [0, 0.05) is 24.1 Å². The Balaban J connectivity index is 1.57. The molecule has 2 aromatic rings. The van der Waals surface area contributed by atoms with Crippen molar-refractivity contribution in [1.29, 1.82) is 0 Å². The number of nitrogens with one attached hydrogen (secondary N) is 2. The second-order valence-corrected chi connectivity index (χ2v) is 6.29. The van der Waals surface area contributed by atoms with Crippen molar-refractivity contribution in [3.8, 4) is 5.75 Å². The molecular weight excluding hydrogens is 326 g/mol. The zero-order chi connectivity index (χ0) is 16.9. The molecule has 0 bridgehead atoms. The summed E-state index contributed by atoms with van der Waals surface area (Å²) in [7, 11) is 1.56. The molecule has 1 fully saturated rings. The molecule has 2 N–H and O–H groups in total. The van der Waals surface area contributed by atoms with Gasteiger partial charge in [0.25, 0.3) is 0 Å². The summed E-state index contributed by atoms with van der Waals surface area (Å²) in [6, 6.07) is 9.31. The summed E-state index contributed by atoms with van der Waals surface area (Å²) in [5.74, 6) is 1.06. The minimum absolute atomic E-state index is 0.106. The molecule has 1 amide bonds. The van der Waals surface area contributed by atoms with E-state index in [0.29, 0.717) is 22.4 Å². The van der Waals surface area contributed by atoms with E-state index in [0.717, 1.165) is 5.56 Å². The molecule has 1 heterocycles. The lowest BCUT2D eigenvalue weighted by atomic mass is 10.0. The van der Waals surface area contributed by atoms with Gasteiger partial charge in [0.1, 0.15) is 5.75 Å². The molecule has 6 heteroatoms. The molecule has 0 aliphatic heterocycles. The van der Waals surface area contributed by atoms with E-state index in [-0.39, 0.29) is 18.5 Å². The molecule has 24 heavy (non-hydrogen) atoms. The Bertz CT molecular complexity index is 705. The summed E-state index contributed by atoms with van der Waals surface area (Å²) >= 11 is 6.07. The Labute approximate surface area is 146 Å². The van der Waals surface area contributed by atoms with Gasteiger partial charge in [-0.3, -0.25) is 9.78 Å². The summed E-state index contributed by atoms with van der Waals surface area (Å²) in [6.45, 7) is 0.236. The Hall–Kier alpha value is -2.11. The third-order valence-corrected chi connectivity index (χ3v) is 4.35. The summed E-state index contributed by atoms with van der Waals surface area (Å²) in [5.41, 5.74) is 1.78. The number of hydrogen-bond acceptors (Lipinski definition) is 4. The van der Waals surface area contributed by atoms with E-state index in [9.17, 15) is 4.79 Å². The number of carbonyl (C=O) groups excluding carboxylic acids is 1. The van der Waals surface area contributed by atoms with Gasteiger partial charge >= 0.3 is 0 Å². The smallest absolute Gasteiger partial charge is 0.238 e. The number of ether oxygens (including phenoxy) is 1. The van der Waals surface area contributed by atoms with Crippen LogP contribution in [0.25, 0.3) is 0 Å². The van der Waals surface area contributed by atoms with Crippen molar-refractivity contribution in [2.45, 2.75) is 18.9 Å². The number of anilines is 1. The summed E-state index contributed by atoms with van der Waals surface area (Å²) in [6.07, 6.45) is 5.98. The van der Waals surface area contributed by atoms with Crippen LogP contribution < -0.4 is 15.4 Å². The number of rotatable bonds is 7. The van der Waals surface area contributed by atoms with Gasteiger partial charge in [-0.25, -0.2) is 0 Å². The normalized spacial score (nSPS) is 14.9. The van der Waals surface area contributed by atoms with E-state index >= 15 is 0 Å². The predicted molar refractivity (Wildman–Crippen MR) is 94.3 cm³/mol. The van der Waals surface area contributed by atoms with Crippen LogP contribution in [0.1, 0.15) is 24.4 Å². The van der Waals surface area contributed by atoms with E-state index in [4.69, 9.17) is 16.3 Å². The Kier molecular flexibility index (Phi) is 5.33. The van der Waals surface area contributed by atoms with Gasteiger partial charge in [-0.2, -0.15) is 0 Å². The van der Waals surface area contributed by atoms with Crippen molar-refractivity contribution < 1.29 is 9.53 Å². The van der Waals surface area contributed by atoms with Gasteiger partial charge in [0.15, 0.2) is 0 Å². The van der Waals surface area contributed by atoms with Crippen molar-refractivity contribution >= 4 is 23.2 Å². The first-order chi connectivity index (χ1) is 11.7. The Morgan fingerprint density at radius 1 is 1.42 bits per heavy atom. The standard InChI is InChI=1S/C18H20ClN3O2/c1-24-16-7-6-14(9-15(16)19)22-17(23)11-21-18(12-4-5-12)13-3-2-8-20-10-13/h2-3,6-10,12,18,21H,4-5,11H2,1H3,(H,22,23)/t18-/m0/s1. The second-order valence-electron chi connectivity index (χ2n) is 5.88. The first-order valence-electron chi connectivity index (χ1n) is 7.94.